The van der Waals surface area contributed by atoms with Gasteiger partial charge in [-0.15, -0.1) is 11.8 Å². The van der Waals surface area contributed by atoms with E-state index in [-0.39, 0.29) is 0 Å². The van der Waals surface area contributed by atoms with Gasteiger partial charge in [-0.2, -0.15) is 0 Å². The molecule has 0 saturated heterocycles. The minimum atomic E-state index is 0.348. The van der Waals surface area contributed by atoms with Crippen LogP contribution < -0.4 is 11.1 Å². The molecule has 1 heterocycles. The summed E-state index contributed by atoms with van der Waals surface area (Å²) in [6, 6.07) is 10.0. The molecule has 17 heavy (non-hydrogen) atoms. The van der Waals surface area contributed by atoms with Crippen LogP contribution in [0.1, 0.15) is 5.82 Å². The zero-order chi connectivity index (χ0) is 12.1. The van der Waals surface area contributed by atoms with Crippen LogP contribution in [0.25, 0.3) is 0 Å². The molecule has 1 aromatic carbocycles. The van der Waals surface area contributed by atoms with Gasteiger partial charge in [-0.25, -0.2) is 9.97 Å². The number of nitrogens with one attached hydrogen (secondary N) is 1. The predicted octanol–water partition coefficient (Wildman–Crippen LogP) is 2.40. The van der Waals surface area contributed by atoms with Gasteiger partial charge in [-0.1, -0.05) is 0 Å². The van der Waals surface area contributed by atoms with E-state index in [9.17, 15) is 0 Å². The van der Waals surface area contributed by atoms with Gasteiger partial charge >= 0.3 is 0 Å². The van der Waals surface area contributed by atoms with Gasteiger partial charge in [0, 0.05) is 16.8 Å². The van der Waals surface area contributed by atoms with Gasteiger partial charge < -0.3 is 11.1 Å². The maximum Gasteiger partial charge on any atom is 0.144 e. The van der Waals surface area contributed by atoms with Crippen molar-refractivity contribution in [1.29, 1.82) is 0 Å². The first-order valence-corrected chi connectivity index (χ1v) is 6.47. The lowest BCUT2D eigenvalue weighted by molar-refractivity contribution is 0.912. The van der Waals surface area contributed by atoms with Crippen molar-refractivity contribution < 1.29 is 0 Å². The molecule has 0 aliphatic carbocycles. The van der Waals surface area contributed by atoms with E-state index in [0.29, 0.717) is 12.4 Å². The highest BCUT2D eigenvalue weighted by molar-refractivity contribution is 7.98. The van der Waals surface area contributed by atoms with Crippen LogP contribution in [0.4, 0.5) is 11.5 Å². The largest absolute Gasteiger partial charge is 0.340 e. The molecular weight excluding hydrogens is 232 g/mol. The number of thioether (sulfide) groups is 1. The van der Waals surface area contributed by atoms with Gasteiger partial charge in [0.1, 0.15) is 11.6 Å². The van der Waals surface area contributed by atoms with Crippen molar-refractivity contribution in [2.24, 2.45) is 5.73 Å². The molecule has 0 saturated carbocycles. The summed E-state index contributed by atoms with van der Waals surface area (Å²) < 4.78 is 0. The molecule has 88 valence electrons. The Balaban J connectivity index is 2.13. The summed E-state index contributed by atoms with van der Waals surface area (Å²) in [6.45, 7) is 0.348. The maximum atomic E-state index is 5.49. The third-order valence-corrected chi connectivity index (χ3v) is 2.99. The molecule has 3 N–H and O–H groups in total. The van der Waals surface area contributed by atoms with Crippen LogP contribution in [-0.2, 0) is 6.54 Å². The van der Waals surface area contributed by atoms with E-state index < -0.39 is 0 Å². The predicted molar refractivity (Wildman–Crippen MR) is 71.4 cm³/mol. The molecule has 4 nitrogen and oxygen atoms in total. The van der Waals surface area contributed by atoms with Gasteiger partial charge in [0.05, 0.1) is 6.54 Å². The number of nitrogens with two attached hydrogens (primary N) is 1. The Morgan fingerprint density at radius 1 is 1.24 bits per heavy atom. The Bertz CT molecular complexity index is 484. The van der Waals surface area contributed by atoms with E-state index in [0.717, 1.165) is 11.5 Å². The van der Waals surface area contributed by atoms with Crippen molar-refractivity contribution in [3.8, 4) is 0 Å². The average Bonchev–Trinajstić information content (AvgIpc) is 2.40. The average molecular weight is 246 g/mol. The Morgan fingerprint density at radius 3 is 2.65 bits per heavy atom. The summed E-state index contributed by atoms with van der Waals surface area (Å²) in [5.74, 6) is 1.40. The summed E-state index contributed by atoms with van der Waals surface area (Å²) in [4.78, 5) is 9.56. The molecule has 2 rings (SSSR count). The molecule has 0 bridgehead atoms. The second kappa shape index (κ2) is 5.65. The molecule has 5 heteroatoms. The number of rotatable bonds is 4. The van der Waals surface area contributed by atoms with Crippen LogP contribution in [-0.4, -0.2) is 16.2 Å². The van der Waals surface area contributed by atoms with Gasteiger partial charge in [0.25, 0.3) is 0 Å². The van der Waals surface area contributed by atoms with E-state index in [4.69, 9.17) is 5.73 Å². The molecule has 0 spiro atoms. The smallest absolute Gasteiger partial charge is 0.144 e. The van der Waals surface area contributed by atoms with Gasteiger partial charge in [0.15, 0.2) is 0 Å². The molecule has 2 aromatic rings. The lowest BCUT2D eigenvalue weighted by Crippen LogP contribution is -2.04. The Morgan fingerprint density at radius 2 is 2.00 bits per heavy atom. The number of benzene rings is 1. The van der Waals surface area contributed by atoms with Crippen LogP contribution in [0, 0.1) is 0 Å². The normalized spacial score (nSPS) is 10.2. The summed E-state index contributed by atoms with van der Waals surface area (Å²) in [6.07, 6.45) is 3.76. The lowest BCUT2D eigenvalue weighted by Gasteiger charge is -2.06. The summed E-state index contributed by atoms with van der Waals surface area (Å²) in [7, 11) is 0. The zero-order valence-electron chi connectivity index (χ0n) is 9.55. The quantitative estimate of drug-likeness (QED) is 0.811. The number of hydrogen-bond donors (Lipinski definition) is 2. The molecule has 0 unspecified atom stereocenters. The molecule has 0 aliphatic heterocycles. The first-order chi connectivity index (χ1) is 8.31. The fourth-order valence-electron chi connectivity index (χ4n) is 1.39. The molecule has 1 aromatic heterocycles. The van der Waals surface area contributed by atoms with Crippen molar-refractivity contribution in [3.05, 3.63) is 42.4 Å². The van der Waals surface area contributed by atoms with Crippen LogP contribution in [0.2, 0.25) is 0 Å². The monoisotopic (exact) mass is 246 g/mol. The van der Waals surface area contributed by atoms with Gasteiger partial charge in [-0.3, -0.25) is 0 Å². The third-order valence-electron chi connectivity index (χ3n) is 2.25. The fourth-order valence-corrected chi connectivity index (χ4v) is 1.80. The van der Waals surface area contributed by atoms with Crippen molar-refractivity contribution >= 4 is 23.3 Å². The Kier molecular flexibility index (Phi) is 3.95. The van der Waals surface area contributed by atoms with E-state index in [1.165, 1.54) is 4.90 Å². The van der Waals surface area contributed by atoms with Crippen molar-refractivity contribution in [1.82, 2.24) is 9.97 Å². The number of aromatic nitrogens is 2. The highest BCUT2D eigenvalue weighted by atomic mass is 32.2. The second-order valence-electron chi connectivity index (χ2n) is 3.42. The summed E-state index contributed by atoms with van der Waals surface area (Å²) in [5.41, 5.74) is 6.50. The molecule has 0 aliphatic rings. The van der Waals surface area contributed by atoms with E-state index in [1.807, 2.05) is 18.2 Å². The summed E-state index contributed by atoms with van der Waals surface area (Å²) >= 11 is 1.72. The van der Waals surface area contributed by atoms with Crippen molar-refractivity contribution in [2.45, 2.75) is 11.4 Å². The highest BCUT2D eigenvalue weighted by Gasteiger charge is 1.98. The SMILES string of the molecule is CSc1ccc(Nc2ccnc(CN)n2)cc1. The molecule has 0 fully saturated rings. The number of anilines is 2. The first-order valence-electron chi connectivity index (χ1n) is 5.25. The topological polar surface area (TPSA) is 63.8 Å². The van der Waals surface area contributed by atoms with E-state index in [2.05, 4.69) is 33.7 Å². The first kappa shape index (κ1) is 11.9. The zero-order valence-corrected chi connectivity index (χ0v) is 10.4. The molecule has 0 atom stereocenters. The van der Waals surface area contributed by atoms with E-state index in [1.54, 1.807) is 18.0 Å². The summed E-state index contributed by atoms with van der Waals surface area (Å²) in [5, 5.41) is 3.21. The second-order valence-corrected chi connectivity index (χ2v) is 4.30. The fraction of sp³-hybridized carbons (Fsp3) is 0.167. The van der Waals surface area contributed by atoms with Crippen LogP contribution in [0.5, 0.6) is 0 Å². The van der Waals surface area contributed by atoms with E-state index >= 15 is 0 Å². The third kappa shape index (κ3) is 3.18. The number of nitrogens with zero attached hydrogens (tertiary/aromatic N) is 2. The van der Waals surface area contributed by atoms with Crippen LogP contribution >= 0.6 is 11.8 Å². The molecule has 0 amide bonds. The number of hydrogen-bond acceptors (Lipinski definition) is 5. The van der Waals surface area contributed by atoms with Crippen molar-refractivity contribution in [3.63, 3.8) is 0 Å². The van der Waals surface area contributed by atoms with Crippen LogP contribution in [0.15, 0.2) is 41.4 Å². The standard InChI is InChI=1S/C12H14N4S/c1-17-10-4-2-9(3-5-10)15-11-6-7-14-12(8-13)16-11/h2-7H,8,13H2,1H3,(H,14,15,16). The Labute approximate surface area is 105 Å². The van der Waals surface area contributed by atoms with Crippen LogP contribution in [0.3, 0.4) is 0 Å². The maximum absolute atomic E-state index is 5.49. The van der Waals surface area contributed by atoms with Gasteiger partial charge in [-0.05, 0) is 36.6 Å². The van der Waals surface area contributed by atoms with Gasteiger partial charge in [0.2, 0.25) is 0 Å². The van der Waals surface area contributed by atoms with Crippen molar-refractivity contribution in [2.75, 3.05) is 11.6 Å². The lowest BCUT2D eigenvalue weighted by atomic mass is 10.3. The Hall–Kier alpha value is -1.59. The minimum absolute atomic E-state index is 0.348. The highest BCUT2D eigenvalue weighted by Crippen LogP contribution is 2.19. The molecule has 0 radical (unpaired) electrons. The minimum Gasteiger partial charge on any atom is -0.340 e. The molecular formula is C12H14N4S.